The van der Waals surface area contributed by atoms with Gasteiger partial charge < -0.3 is 10.6 Å². The van der Waals surface area contributed by atoms with Gasteiger partial charge in [-0.2, -0.15) is 5.10 Å². The summed E-state index contributed by atoms with van der Waals surface area (Å²) in [7, 11) is 0. The van der Waals surface area contributed by atoms with E-state index in [1.807, 2.05) is 6.07 Å². The second kappa shape index (κ2) is 6.99. The molecule has 0 bridgehead atoms. The monoisotopic (exact) mass is 286 g/mol. The normalized spacial score (nSPS) is 9.90. The van der Waals surface area contributed by atoms with Crippen LogP contribution in [0.25, 0.3) is 0 Å². The van der Waals surface area contributed by atoms with E-state index < -0.39 is 5.91 Å². The van der Waals surface area contributed by atoms with Gasteiger partial charge in [0.15, 0.2) is 0 Å². The largest absolute Gasteiger partial charge is 0.350 e. The summed E-state index contributed by atoms with van der Waals surface area (Å²) in [6.45, 7) is 0.557. The highest BCUT2D eigenvalue weighted by Crippen LogP contribution is 1.97. The molecule has 21 heavy (non-hydrogen) atoms. The average Bonchev–Trinajstić information content (AvgIpc) is 2.52. The van der Waals surface area contributed by atoms with E-state index in [0.717, 1.165) is 0 Å². The number of carbonyl (C=O) groups is 2. The van der Waals surface area contributed by atoms with Crippen LogP contribution in [0.3, 0.4) is 0 Å². The molecule has 2 amide bonds. The molecule has 1 aromatic heterocycles. The molecule has 108 valence electrons. The maximum atomic E-state index is 11.7. The van der Waals surface area contributed by atoms with E-state index in [2.05, 4.69) is 20.8 Å². The number of H-pyrrole nitrogens is 1. The maximum Gasteiger partial charge on any atom is 0.271 e. The van der Waals surface area contributed by atoms with Crippen molar-refractivity contribution in [3.8, 4) is 0 Å². The Labute approximate surface area is 120 Å². The fraction of sp³-hybridized carbons (Fsp3) is 0.143. The first kappa shape index (κ1) is 14.4. The van der Waals surface area contributed by atoms with Crippen molar-refractivity contribution in [1.82, 2.24) is 20.8 Å². The number of rotatable bonds is 5. The molecule has 0 aliphatic rings. The van der Waals surface area contributed by atoms with Crippen LogP contribution >= 0.6 is 0 Å². The zero-order chi connectivity index (χ0) is 15.1. The number of carbonyl (C=O) groups excluding carboxylic acids is 2. The Morgan fingerprint density at radius 3 is 2.24 bits per heavy atom. The van der Waals surface area contributed by atoms with E-state index in [0.29, 0.717) is 12.1 Å². The van der Waals surface area contributed by atoms with Gasteiger partial charge in [-0.3, -0.25) is 14.4 Å². The van der Waals surface area contributed by atoms with Crippen molar-refractivity contribution in [2.45, 2.75) is 0 Å². The predicted octanol–water partition coefficient (Wildman–Crippen LogP) is -0.0703. The Hall–Kier alpha value is -2.96. The van der Waals surface area contributed by atoms with Gasteiger partial charge in [-0.15, -0.1) is 0 Å². The fourth-order valence-electron chi connectivity index (χ4n) is 1.61. The van der Waals surface area contributed by atoms with Gasteiger partial charge in [-0.05, 0) is 18.2 Å². The number of amides is 2. The third-order valence-corrected chi connectivity index (χ3v) is 2.64. The molecule has 2 rings (SSSR count). The van der Waals surface area contributed by atoms with Crippen LogP contribution in [0.1, 0.15) is 20.8 Å². The number of aromatic amines is 1. The minimum Gasteiger partial charge on any atom is -0.350 e. The van der Waals surface area contributed by atoms with Gasteiger partial charge in [-0.1, -0.05) is 18.2 Å². The van der Waals surface area contributed by atoms with Crippen LogP contribution in [0.5, 0.6) is 0 Å². The van der Waals surface area contributed by atoms with Gasteiger partial charge in [0.1, 0.15) is 5.69 Å². The standard InChI is InChI=1S/C14H14N4O3/c19-12-7-6-11(17-18-12)14(21)16-9-8-15-13(20)10-4-2-1-3-5-10/h1-7H,8-9H2,(H,15,20)(H,16,21)(H,18,19). The van der Waals surface area contributed by atoms with Gasteiger partial charge in [-0.25, -0.2) is 5.10 Å². The summed E-state index contributed by atoms with van der Waals surface area (Å²) in [6.07, 6.45) is 0. The first-order valence-electron chi connectivity index (χ1n) is 6.34. The maximum absolute atomic E-state index is 11.7. The van der Waals surface area contributed by atoms with E-state index in [1.165, 1.54) is 12.1 Å². The Kier molecular flexibility index (Phi) is 4.81. The summed E-state index contributed by atoms with van der Waals surface area (Å²) in [5.41, 5.74) is 0.303. The Bertz CT molecular complexity index is 662. The van der Waals surface area contributed by atoms with Crippen molar-refractivity contribution in [3.63, 3.8) is 0 Å². The van der Waals surface area contributed by atoms with Gasteiger partial charge in [0.2, 0.25) is 0 Å². The Balaban J connectivity index is 1.75. The first-order valence-corrected chi connectivity index (χ1v) is 6.34. The van der Waals surface area contributed by atoms with Crippen LogP contribution in [0.15, 0.2) is 47.3 Å². The lowest BCUT2D eigenvalue weighted by molar-refractivity contribution is 0.0924. The summed E-state index contributed by atoms with van der Waals surface area (Å²) < 4.78 is 0. The molecule has 0 atom stereocenters. The molecule has 0 radical (unpaired) electrons. The number of hydrogen-bond acceptors (Lipinski definition) is 4. The quantitative estimate of drug-likeness (QED) is 0.669. The molecule has 0 aliphatic heterocycles. The molecule has 2 aromatic rings. The fourth-order valence-corrected chi connectivity index (χ4v) is 1.61. The molecule has 0 saturated heterocycles. The minimum atomic E-state index is -0.416. The molecule has 3 N–H and O–H groups in total. The molecule has 1 aromatic carbocycles. The number of nitrogens with zero attached hydrogens (tertiary/aromatic N) is 1. The van der Waals surface area contributed by atoms with Gasteiger partial charge in [0.25, 0.3) is 17.4 Å². The van der Waals surface area contributed by atoms with Crippen LogP contribution in [0.4, 0.5) is 0 Å². The molecule has 0 fully saturated rings. The second-order valence-electron chi connectivity index (χ2n) is 4.18. The summed E-state index contributed by atoms with van der Waals surface area (Å²) >= 11 is 0. The summed E-state index contributed by atoms with van der Waals surface area (Å²) in [5, 5.41) is 11.0. The predicted molar refractivity (Wildman–Crippen MR) is 76.0 cm³/mol. The van der Waals surface area contributed by atoms with Gasteiger partial charge >= 0.3 is 0 Å². The lowest BCUT2D eigenvalue weighted by Crippen LogP contribution is -2.35. The van der Waals surface area contributed by atoms with Crippen LogP contribution in [0.2, 0.25) is 0 Å². The highest BCUT2D eigenvalue weighted by atomic mass is 16.2. The summed E-state index contributed by atoms with van der Waals surface area (Å²) in [5.74, 6) is -0.618. The number of aromatic nitrogens is 2. The minimum absolute atomic E-state index is 0.115. The molecular weight excluding hydrogens is 272 g/mol. The van der Waals surface area contributed by atoms with E-state index >= 15 is 0 Å². The van der Waals surface area contributed by atoms with Crippen molar-refractivity contribution in [3.05, 3.63) is 64.1 Å². The average molecular weight is 286 g/mol. The zero-order valence-electron chi connectivity index (χ0n) is 11.1. The Morgan fingerprint density at radius 1 is 0.952 bits per heavy atom. The number of hydrogen-bond donors (Lipinski definition) is 3. The van der Waals surface area contributed by atoms with Crippen molar-refractivity contribution >= 4 is 11.8 Å². The van der Waals surface area contributed by atoms with Crippen molar-refractivity contribution in [1.29, 1.82) is 0 Å². The molecule has 0 spiro atoms. The molecule has 1 heterocycles. The highest BCUT2D eigenvalue weighted by Gasteiger charge is 2.07. The van der Waals surface area contributed by atoms with Crippen LogP contribution < -0.4 is 16.2 Å². The number of nitrogens with one attached hydrogen (secondary N) is 3. The van der Waals surface area contributed by atoms with Crippen molar-refractivity contribution < 1.29 is 9.59 Å². The molecule has 7 heteroatoms. The second-order valence-corrected chi connectivity index (χ2v) is 4.18. The topological polar surface area (TPSA) is 104 Å². The Morgan fingerprint density at radius 2 is 1.62 bits per heavy atom. The van der Waals surface area contributed by atoms with E-state index in [9.17, 15) is 14.4 Å². The van der Waals surface area contributed by atoms with Crippen molar-refractivity contribution in [2.75, 3.05) is 13.1 Å². The highest BCUT2D eigenvalue weighted by molar-refractivity contribution is 5.94. The third-order valence-electron chi connectivity index (χ3n) is 2.64. The lowest BCUT2D eigenvalue weighted by Gasteiger charge is -2.06. The van der Waals surface area contributed by atoms with Gasteiger partial charge in [0, 0.05) is 24.7 Å². The van der Waals surface area contributed by atoms with Crippen LogP contribution in [0, 0.1) is 0 Å². The summed E-state index contributed by atoms with van der Waals surface area (Å²) in [6, 6.07) is 11.3. The van der Waals surface area contributed by atoms with E-state index in [-0.39, 0.29) is 23.7 Å². The first-order chi connectivity index (χ1) is 10.2. The van der Waals surface area contributed by atoms with Crippen LogP contribution in [-0.4, -0.2) is 35.1 Å². The smallest absolute Gasteiger partial charge is 0.271 e. The molecule has 7 nitrogen and oxygen atoms in total. The SMILES string of the molecule is O=C(NCCNC(=O)c1ccc(=O)[nH]n1)c1ccccc1. The lowest BCUT2D eigenvalue weighted by atomic mass is 10.2. The molecule has 0 saturated carbocycles. The summed E-state index contributed by atoms with van der Waals surface area (Å²) in [4.78, 5) is 34.2. The molecular formula is C14H14N4O3. The van der Waals surface area contributed by atoms with E-state index in [4.69, 9.17) is 0 Å². The number of benzene rings is 1. The molecule has 0 aliphatic carbocycles. The van der Waals surface area contributed by atoms with Crippen LogP contribution in [-0.2, 0) is 0 Å². The molecule has 0 unspecified atom stereocenters. The zero-order valence-corrected chi connectivity index (χ0v) is 11.1. The van der Waals surface area contributed by atoms with Gasteiger partial charge in [0.05, 0.1) is 0 Å². The van der Waals surface area contributed by atoms with Crippen molar-refractivity contribution in [2.24, 2.45) is 0 Å². The van der Waals surface area contributed by atoms with E-state index in [1.54, 1.807) is 24.3 Å². The third kappa shape index (κ3) is 4.27.